The zero-order chi connectivity index (χ0) is 26.7. The van der Waals surface area contributed by atoms with Crippen molar-refractivity contribution in [2.45, 2.75) is 19.3 Å². The van der Waals surface area contributed by atoms with E-state index in [2.05, 4.69) is 20.6 Å². The van der Waals surface area contributed by atoms with Crippen LogP contribution >= 0.6 is 11.6 Å². The van der Waals surface area contributed by atoms with Crippen LogP contribution in [0.3, 0.4) is 0 Å². The fourth-order valence-corrected chi connectivity index (χ4v) is 4.46. The number of aromatic nitrogens is 2. The van der Waals surface area contributed by atoms with E-state index in [9.17, 15) is 14.0 Å². The van der Waals surface area contributed by atoms with Gasteiger partial charge in [-0.3, -0.25) is 9.59 Å². The number of benzene rings is 2. The second-order valence-corrected chi connectivity index (χ2v) is 9.42. The summed E-state index contributed by atoms with van der Waals surface area (Å²) in [6.45, 7) is 4.15. The molecule has 0 fully saturated rings. The first-order valence-electron chi connectivity index (χ1n) is 11.4. The molecule has 2 aromatic heterocycles. The number of amides is 2. The summed E-state index contributed by atoms with van der Waals surface area (Å²) < 4.78 is 24.3. The number of hydrogen-bond acceptors (Lipinski definition) is 5. The van der Waals surface area contributed by atoms with Gasteiger partial charge in [0, 0.05) is 46.0 Å². The van der Waals surface area contributed by atoms with Crippen molar-refractivity contribution in [2.75, 3.05) is 26.1 Å². The van der Waals surface area contributed by atoms with E-state index in [1.54, 1.807) is 36.4 Å². The van der Waals surface area contributed by atoms with Crippen molar-refractivity contribution in [3.63, 3.8) is 0 Å². The van der Waals surface area contributed by atoms with Gasteiger partial charge in [0.2, 0.25) is 5.95 Å². The first-order chi connectivity index (χ1) is 17.6. The molecule has 192 valence electrons. The molecule has 2 aromatic carbocycles. The smallest absolute Gasteiger partial charge is 0.255 e. The van der Waals surface area contributed by atoms with Crippen LogP contribution in [0.5, 0.6) is 11.5 Å². The number of nitrogens with one attached hydrogen (secondary N) is 3. The molecule has 0 aliphatic carbocycles. The molecule has 8 nitrogen and oxygen atoms in total. The number of halogens is 2. The van der Waals surface area contributed by atoms with Gasteiger partial charge in [-0.1, -0.05) is 31.5 Å². The van der Waals surface area contributed by atoms with Crippen molar-refractivity contribution >= 4 is 40.0 Å². The molecule has 0 spiro atoms. The minimum absolute atomic E-state index is 0.181. The number of carbonyl (C=O) groups excluding carboxylic acids is 2. The summed E-state index contributed by atoms with van der Waals surface area (Å²) in [5.41, 5.74) is 1.66. The molecular formula is C27H26ClFN4O4. The molecular weight excluding hydrogens is 499 g/mol. The average Bonchev–Trinajstić information content (AvgIpc) is 3.32. The third-order valence-corrected chi connectivity index (χ3v) is 6.41. The van der Waals surface area contributed by atoms with E-state index in [0.717, 1.165) is 5.56 Å². The van der Waals surface area contributed by atoms with Gasteiger partial charge in [-0.05, 0) is 42.0 Å². The lowest BCUT2D eigenvalue weighted by molar-refractivity contribution is 0.0946. The zero-order valence-electron chi connectivity index (χ0n) is 20.7. The summed E-state index contributed by atoms with van der Waals surface area (Å²) in [5.74, 6) is -0.375. The van der Waals surface area contributed by atoms with E-state index in [-0.39, 0.29) is 23.9 Å². The van der Waals surface area contributed by atoms with Crippen LogP contribution in [-0.4, -0.2) is 42.5 Å². The first kappa shape index (κ1) is 26.0. The predicted octanol–water partition coefficient (Wildman–Crippen LogP) is 5.33. The number of aromatic amines is 1. The van der Waals surface area contributed by atoms with Crippen LogP contribution in [0.2, 0.25) is 5.02 Å². The van der Waals surface area contributed by atoms with Gasteiger partial charge in [0.05, 0.1) is 19.8 Å². The summed E-state index contributed by atoms with van der Waals surface area (Å²) in [4.78, 5) is 31.9. The van der Waals surface area contributed by atoms with Crippen molar-refractivity contribution in [2.24, 2.45) is 0 Å². The van der Waals surface area contributed by atoms with E-state index >= 15 is 0 Å². The molecule has 4 aromatic rings. The van der Waals surface area contributed by atoms with Crippen LogP contribution in [0.25, 0.3) is 10.9 Å². The Kier molecular flexibility index (Phi) is 7.35. The molecule has 0 radical (unpaired) electrons. The number of hydrogen-bond donors (Lipinski definition) is 3. The summed E-state index contributed by atoms with van der Waals surface area (Å²) in [5, 5.41) is 6.62. The molecule has 0 saturated carbocycles. The number of pyridine rings is 1. The topological polar surface area (TPSA) is 105 Å². The first-order valence-corrected chi connectivity index (χ1v) is 11.8. The highest BCUT2D eigenvalue weighted by Gasteiger charge is 2.25. The molecule has 0 atom stereocenters. The second-order valence-electron chi connectivity index (χ2n) is 9.01. The van der Waals surface area contributed by atoms with E-state index < -0.39 is 11.4 Å². The van der Waals surface area contributed by atoms with Crippen LogP contribution in [0.15, 0.2) is 54.9 Å². The number of fused-ring (bicyclic) bond motifs is 1. The Morgan fingerprint density at radius 2 is 1.81 bits per heavy atom. The maximum absolute atomic E-state index is 13.9. The van der Waals surface area contributed by atoms with Crippen LogP contribution in [0.4, 0.5) is 10.1 Å². The molecule has 3 N–H and O–H groups in total. The Bertz CT molecular complexity index is 1480. The van der Waals surface area contributed by atoms with Gasteiger partial charge in [0.1, 0.15) is 5.52 Å². The Balaban J connectivity index is 1.45. The summed E-state index contributed by atoms with van der Waals surface area (Å²) >= 11 is 6.59. The van der Waals surface area contributed by atoms with E-state index in [0.29, 0.717) is 38.7 Å². The summed E-state index contributed by atoms with van der Waals surface area (Å²) in [7, 11) is 3.02. The Morgan fingerprint density at radius 1 is 1.05 bits per heavy atom. The normalized spacial score (nSPS) is 11.3. The molecule has 0 bridgehead atoms. The fourth-order valence-electron chi connectivity index (χ4n) is 4.02. The summed E-state index contributed by atoms with van der Waals surface area (Å²) in [6, 6.07) is 11.7. The molecule has 2 heterocycles. The highest BCUT2D eigenvalue weighted by Crippen LogP contribution is 2.33. The number of ether oxygens (including phenoxy) is 2. The van der Waals surface area contributed by atoms with E-state index in [1.807, 2.05) is 19.9 Å². The second kappa shape index (κ2) is 10.5. The molecule has 4 rings (SSSR count). The third kappa shape index (κ3) is 5.36. The standard InChI is InChI=1S/C27H26ClFN4O4/c1-27(2,14-32-26(35)18-13-31-23-17(18)9-10-30-24(23)29)19-7-6-16(12-20(19)28)33-25(34)15-5-8-21(36-3)22(11-15)37-4/h5-13,31H,14H2,1-4H3,(H,32,35)(H,33,34). The monoisotopic (exact) mass is 524 g/mol. The SMILES string of the molecule is COc1ccc(C(=O)Nc2ccc(C(C)(C)CNC(=O)c3c[nH]c4c(F)nccc34)c(Cl)c2)cc1OC. The largest absolute Gasteiger partial charge is 0.493 e. The quantitative estimate of drug-likeness (QED) is 0.270. The van der Waals surface area contributed by atoms with Crippen LogP contribution in [0.1, 0.15) is 40.1 Å². The maximum Gasteiger partial charge on any atom is 0.255 e. The van der Waals surface area contributed by atoms with Crippen LogP contribution in [0, 0.1) is 5.95 Å². The van der Waals surface area contributed by atoms with Gasteiger partial charge in [0.15, 0.2) is 11.5 Å². The van der Waals surface area contributed by atoms with Crippen molar-refractivity contribution < 1.29 is 23.5 Å². The molecule has 0 aliphatic rings. The van der Waals surface area contributed by atoms with Crippen molar-refractivity contribution in [1.82, 2.24) is 15.3 Å². The van der Waals surface area contributed by atoms with Crippen molar-refractivity contribution in [1.29, 1.82) is 0 Å². The van der Waals surface area contributed by atoms with Gasteiger partial charge in [-0.15, -0.1) is 0 Å². The molecule has 10 heteroatoms. The number of rotatable bonds is 8. The minimum Gasteiger partial charge on any atom is -0.493 e. The fraction of sp³-hybridized carbons (Fsp3) is 0.222. The number of nitrogens with zero attached hydrogens (tertiary/aromatic N) is 1. The molecule has 0 aliphatic heterocycles. The van der Waals surface area contributed by atoms with Crippen LogP contribution in [-0.2, 0) is 5.41 Å². The van der Waals surface area contributed by atoms with E-state index in [1.165, 1.54) is 26.6 Å². The Morgan fingerprint density at radius 3 is 2.51 bits per heavy atom. The van der Waals surface area contributed by atoms with Gasteiger partial charge >= 0.3 is 0 Å². The predicted molar refractivity (Wildman–Crippen MR) is 140 cm³/mol. The lowest BCUT2D eigenvalue weighted by Gasteiger charge is -2.27. The molecule has 37 heavy (non-hydrogen) atoms. The third-order valence-electron chi connectivity index (χ3n) is 6.09. The molecule has 0 unspecified atom stereocenters. The summed E-state index contributed by atoms with van der Waals surface area (Å²) in [6.07, 6.45) is 2.78. The van der Waals surface area contributed by atoms with Gasteiger partial charge in [-0.25, -0.2) is 4.98 Å². The Hall–Kier alpha value is -4.11. The number of methoxy groups -OCH3 is 2. The Labute approximate surface area is 218 Å². The van der Waals surface area contributed by atoms with Crippen LogP contribution < -0.4 is 20.1 Å². The lowest BCUT2D eigenvalue weighted by Crippen LogP contribution is -2.36. The number of anilines is 1. The van der Waals surface area contributed by atoms with Gasteiger partial charge in [-0.2, -0.15) is 4.39 Å². The lowest BCUT2D eigenvalue weighted by atomic mass is 9.84. The molecule has 2 amide bonds. The number of H-pyrrole nitrogens is 1. The van der Waals surface area contributed by atoms with Gasteiger partial charge < -0.3 is 25.1 Å². The van der Waals surface area contributed by atoms with Gasteiger partial charge in [0.25, 0.3) is 11.8 Å². The highest BCUT2D eigenvalue weighted by atomic mass is 35.5. The zero-order valence-corrected chi connectivity index (χ0v) is 21.5. The molecule has 0 saturated heterocycles. The number of carbonyl (C=O) groups is 2. The van der Waals surface area contributed by atoms with Crippen molar-refractivity contribution in [3.8, 4) is 11.5 Å². The average molecular weight is 525 g/mol. The maximum atomic E-state index is 13.9. The minimum atomic E-state index is -0.665. The van der Waals surface area contributed by atoms with Crippen molar-refractivity contribution in [3.05, 3.63) is 82.5 Å². The highest BCUT2D eigenvalue weighted by molar-refractivity contribution is 6.32. The van der Waals surface area contributed by atoms with E-state index in [4.69, 9.17) is 21.1 Å².